The van der Waals surface area contributed by atoms with Gasteiger partial charge in [-0.1, -0.05) is 20.3 Å². The number of nitrogens with two attached hydrogens (primary N) is 1. The molecule has 0 aliphatic rings. The molecule has 0 saturated carbocycles. The van der Waals surface area contributed by atoms with E-state index in [1.54, 1.807) is 0 Å². The molecule has 0 radical (unpaired) electrons. The van der Waals surface area contributed by atoms with Gasteiger partial charge in [-0.3, -0.25) is 4.90 Å². The van der Waals surface area contributed by atoms with Gasteiger partial charge in [0.1, 0.15) is 0 Å². The molecule has 0 rings (SSSR count). The van der Waals surface area contributed by atoms with Crippen molar-refractivity contribution < 1.29 is 0 Å². The molecule has 3 unspecified atom stereocenters. The third kappa shape index (κ3) is 8.90. The molecule has 0 aromatic rings. The Hall–Kier alpha value is -0.120. The zero-order valence-electron chi connectivity index (χ0n) is 13.4. The molecular formula is C15H35N3. The summed E-state index contributed by atoms with van der Waals surface area (Å²) in [5.74, 6) is 0.772. The Balaban J connectivity index is 3.95. The summed E-state index contributed by atoms with van der Waals surface area (Å²) in [6.07, 6.45) is 3.72. The molecular weight excluding hydrogens is 222 g/mol. The monoisotopic (exact) mass is 257 g/mol. The van der Waals surface area contributed by atoms with E-state index in [2.05, 4.69) is 51.6 Å². The van der Waals surface area contributed by atoms with Crippen LogP contribution in [0, 0.1) is 5.92 Å². The number of likely N-dealkylation sites (N-methyl/N-ethyl adjacent to an activating group) is 2. The molecule has 3 nitrogen and oxygen atoms in total. The summed E-state index contributed by atoms with van der Waals surface area (Å²) in [6.45, 7) is 12.6. The zero-order valence-corrected chi connectivity index (χ0v) is 13.4. The predicted octanol–water partition coefficient (Wildman–Crippen LogP) is 2.41. The van der Waals surface area contributed by atoms with Crippen LogP contribution in [0.4, 0.5) is 0 Å². The van der Waals surface area contributed by atoms with Gasteiger partial charge in [0.15, 0.2) is 0 Å². The van der Waals surface area contributed by atoms with E-state index in [1.165, 1.54) is 19.4 Å². The Morgan fingerprint density at radius 2 is 1.61 bits per heavy atom. The van der Waals surface area contributed by atoms with Crippen LogP contribution >= 0.6 is 0 Å². The van der Waals surface area contributed by atoms with E-state index in [0.717, 1.165) is 25.4 Å². The summed E-state index contributed by atoms with van der Waals surface area (Å²) >= 11 is 0. The maximum Gasteiger partial charge on any atom is 0.0194 e. The molecule has 0 fully saturated rings. The van der Waals surface area contributed by atoms with Crippen LogP contribution in [-0.2, 0) is 0 Å². The van der Waals surface area contributed by atoms with Gasteiger partial charge in [0.05, 0.1) is 0 Å². The molecule has 3 atom stereocenters. The summed E-state index contributed by atoms with van der Waals surface area (Å²) in [5.41, 5.74) is 5.79. The van der Waals surface area contributed by atoms with Crippen LogP contribution in [0.2, 0.25) is 0 Å². The smallest absolute Gasteiger partial charge is 0.0194 e. The minimum Gasteiger partial charge on any atom is -0.328 e. The first-order chi connectivity index (χ1) is 8.36. The van der Waals surface area contributed by atoms with Crippen LogP contribution in [0.15, 0.2) is 0 Å². The van der Waals surface area contributed by atoms with Crippen LogP contribution in [0.3, 0.4) is 0 Å². The minimum absolute atomic E-state index is 0.354. The van der Waals surface area contributed by atoms with Crippen molar-refractivity contribution in [1.82, 2.24) is 9.80 Å². The van der Waals surface area contributed by atoms with Crippen molar-refractivity contribution in [1.29, 1.82) is 0 Å². The van der Waals surface area contributed by atoms with Crippen LogP contribution in [0.1, 0.15) is 47.0 Å². The fourth-order valence-corrected chi connectivity index (χ4v) is 2.54. The Morgan fingerprint density at radius 3 is 2.06 bits per heavy atom. The van der Waals surface area contributed by atoms with E-state index in [1.807, 2.05) is 0 Å². The Morgan fingerprint density at radius 1 is 1.00 bits per heavy atom. The fourth-order valence-electron chi connectivity index (χ4n) is 2.54. The molecule has 0 aliphatic heterocycles. The van der Waals surface area contributed by atoms with Gasteiger partial charge in [0.2, 0.25) is 0 Å². The van der Waals surface area contributed by atoms with Gasteiger partial charge >= 0.3 is 0 Å². The highest BCUT2D eigenvalue weighted by Crippen LogP contribution is 2.12. The van der Waals surface area contributed by atoms with Crippen molar-refractivity contribution in [3.05, 3.63) is 0 Å². The van der Waals surface area contributed by atoms with Gasteiger partial charge in [-0.2, -0.15) is 0 Å². The highest BCUT2D eigenvalue weighted by molar-refractivity contribution is 4.71. The highest BCUT2D eigenvalue weighted by Gasteiger charge is 2.15. The van der Waals surface area contributed by atoms with E-state index in [-0.39, 0.29) is 0 Å². The normalized spacial score (nSPS) is 17.2. The minimum atomic E-state index is 0.354. The number of rotatable bonds is 10. The van der Waals surface area contributed by atoms with Crippen LogP contribution in [0.5, 0.6) is 0 Å². The van der Waals surface area contributed by atoms with Gasteiger partial charge < -0.3 is 10.6 Å². The molecule has 3 heteroatoms. The molecule has 18 heavy (non-hydrogen) atoms. The van der Waals surface area contributed by atoms with E-state index < -0.39 is 0 Å². The van der Waals surface area contributed by atoms with Crippen molar-refractivity contribution in [2.75, 3.05) is 33.7 Å². The predicted molar refractivity (Wildman–Crippen MR) is 81.9 cm³/mol. The SMILES string of the molecule is CCN(CC(C)CCCC(C)N)C(C)CN(C)C. The van der Waals surface area contributed by atoms with Crippen molar-refractivity contribution in [2.24, 2.45) is 11.7 Å². The highest BCUT2D eigenvalue weighted by atomic mass is 15.2. The first kappa shape index (κ1) is 17.9. The lowest BCUT2D eigenvalue weighted by molar-refractivity contribution is 0.157. The Labute approximate surface area is 115 Å². The second-order valence-corrected chi connectivity index (χ2v) is 6.21. The van der Waals surface area contributed by atoms with Crippen molar-refractivity contribution >= 4 is 0 Å². The summed E-state index contributed by atoms with van der Waals surface area (Å²) in [6, 6.07) is 0.994. The fraction of sp³-hybridized carbons (Fsp3) is 1.00. The second kappa shape index (κ2) is 9.76. The topological polar surface area (TPSA) is 32.5 Å². The summed E-state index contributed by atoms with van der Waals surface area (Å²) in [4.78, 5) is 4.87. The largest absolute Gasteiger partial charge is 0.328 e. The summed E-state index contributed by atoms with van der Waals surface area (Å²) in [7, 11) is 4.30. The first-order valence-corrected chi connectivity index (χ1v) is 7.51. The lowest BCUT2D eigenvalue weighted by atomic mass is 10.0. The lowest BCUT2D eigenvalue weighted by Gasteiger charge is -2.32. The zero-order chi connectivity index (χ0) is 14.1. The lowest BCUT2D eigenvalue weighted by Crippen LogP contribution is -2.42. The number of hydrogen-bond acceptors (Lipinski definition) is 3. The van der Waals surface area contributed by atoms with Gasteiger partial charge in [-0.05, 0) is 53.2 Å². The Kier molecular flexibility index (Phi) is 9.70. The van der Waals surface area contributed by atoms with Crippen LogP contribution < -0.4 is 5.73 Å². The molecule has 110 valence electrons. The molecule has 0 aromatic heterocycles. The van der Waals surface area contributed by atoms with E-state index >= 15 is 0 Å². The molecule has 0 heterocycles. The molecule has 0 bridgehead atoms. The van der Waals surface area contributed by atoms with Gasteiger partial charge in [0, 0.05) is 25.2 Å². The quantitative estimate of drug-likeness (QED) is 0.652. The maximum absolute atomic E-state index is 5.79. The Bertz CT molecular complexity index is 192. The molecule has 0 saturated heterocycles. The third-order valence-corrected chi connectivity index (χ3v) is 3.56. The molecule has 0 aromatic carbocycles. The van der Waals surface area contributed by atoms with Gasteiger partial charge in [-0.25, -0.2) is 0 Å². The molecule has 0 amide bonds. The molecule has 2 N–H and O–H groups in total. The van der Waals surface area contributed by atoms with Crippen molar-refractivity contribution in [2.45, 2.75) is 59.0 Å². The maximum atomic E-state index is 5.79. The first-order valence-electron chi connectivity index (χ1n) is 7.51. The summed E-state index contributed by atoms with van der Waals surface area (Å²) in [5, 5.41) is 0. The average Bonchev–Trinajstić information content (AvgIpc) is 2.24. The summed E-state index contributed by atoms with van der Waals surface area (Å²) < 4.78 is 0. The number of hydrogen-bond donors (Lipinski definition) is 1. The van der Waals surface area contributed by atoms with E-state index in [9.17, 15) is 0 Å². The van der Waals surface area contributed by atoms with Gasteiger partial charge in [-0.15, -0.1) is 0 Å². The third-order valence-electron chi connectivity index (χ3n) is 3.56. The van der Waals surface area contributed by atoms with Gasteiger partial charge in [0.25, 0.3) is 0 Å². The van der Waals surface area contributed by atoms with E-state index in [4.69, 9.17) is 5.73 Å². The average molecular weight is 257 g/mol. The van der Waals surface area contributed by atoms with Crippen molar-refractivity contribution in [3.8, 4) is 0 Å². The second-order valence-electron chi connectivity index (χ2n) is 6.21. The van der Waals surface area contributed by atoms with E-state index in [0.29, 0.717) is 12.1 Å². The van der Waals surface area contributed by atoms with Crippen molar-refractivity contribution in [3.63, 3.8) is 0 Å². The molecule has 0 spiro atoms. The van der Waals surface area contributed by atoms with Crippen LogP contribution in [-0.4, -0.2) is 55.6 Å². The van der Waals surface area contributed by atoms with Crippen LogP contribution in [0.25, 0.3) is 0 Å². The number of nitrogens with zero attached hydrogens (tertiary/aromatic N) is 2. The molecule has 0 aliphatic carbocycles. The standard InChI is InChI=1S/C15H35N3/c1-7-18(15(4)12-17(5)6)11-13(2)9-8-10-14(3)16/h13-15H,7-12,16H2,1-6H3.